The molecule has 0 radical (unpaired) electrons. The Morgan fingerprint density at radius 1 is 1.33 bits per heavy atom. The molecule has 21 heavy (non-hydrogen) atoms. The van der Waals surface area contributed by atoms with Crippen LogP contribution >= 0.6 is 35.0 Å². The minimum Gasteiger partial charge on any atom is -0.497 e. The molecule has 6 heteroatoms. The Bertz CT molecular complexity index is 526. The van der Waals surface area contributed by atoms with E-state index in [4.69, 9.17) is 4.74 Å². The Hall–Kier alpha value is -0.530. The van der Waals surface area contributed by atoms with Crippen molar-refractivity contribution in [3.8, 4) is 5.75 Å². The van der Waals surface area contributed by atoms with Crippen molar-refractivity contribution in [3.63, 3.8) is 0 Å². The second-order valence-electron chi connectivity index (χ2n) is 5.52. The number of likely N-dealkylation sites (tertiary alicyclic amines) is 1. The van der Waals surface area contributed by atoms with Gasteiger partial charge in [-0.1, -0.05) is 0 Å². The van der Waals surface area contributed by atoms with Crippen LogP contribution in [-0.4, -0.2) is 43.1 Å². The summed E-state index contributed by atoms with van der Waals surface area (Å²) in [6.07, 6.45) is 3.51. The Kier molecular flexibility index (Phi) is 5.73. The van der Waals surface area contributed by atoms with Crippen molar-refractivity contribution < 1.29 is 9.53 Å². The quantitative estimate of drug-likeness (QED) is 0.745. The molecule has 2 fully saturated rings. The molecule has 3 rings (SSSR count). The van der Waals surface area contributed by atoms with Crippen molar-refractivity contribution in [2.24, 2.45) is 0 Å². The number of carbonyl (C=O) groups excluding carboxylic acids is 1. The number of methoxy groups -OCH3 is 1. The van der Waals surface area contributed by atoms with E-state index < -0.39 is 0 Å². The van der Waals surface area contributed by atoms with Crippen molar-refractivity contribution in [1.29, 1.82) is 0 Å². The molecule has 2 atom stereocenters. The van der Waals surface area contributed by atoms with Crippen LogP contribution in [0.3, 0.4) is 0 Å². The van der Waals surface area contributed by atoms with Crippen molar-refractivity contribution in [2.75, 3.05) is 20.2 Å². The molecule has 116 valence electrons. The molecule has 2 aliphatic heterocycles. The number of nitrogens with zero attached hydrogens (tertiary/aromatic N) is 1. The van der Waals surface area contributed by atoms with Crippen LogP contribution in [0.2, 0.25) is 0 Å². The molecule has 0 saturated carbocycles. The zero-order valence-corrected chi connectivity index (χ0v) is 14.9. The molecule has 0 spiro atoms. The van der Waals surface area contributed by atoms with Gasteiger partial charge in [-0.25, -0.2) is 0 Å². The van der Waals surface area contributed by atoms with E-state index in [1.54, 1.807) is 7.11 Å². The van der Waals surface area contributed by atoms with E-state index in [1.165, 1.54) is 12.8 Å². The lowest BCUT2D eigenvalue weighted by Crippen LogP contribution is -2.39. The first-order chi connectivity index (χ1) is 9.67. The fraction of sp³-hybridized carbons (Fsp3) is 0.533. The van der Waals surface area contributed by atoms with Crippen LogP contribution < -0.4 is 10.1 Å². The highest BCUT2D eigenvalue weighted by Gasteiger charge is 2.31. The largest absolute Gasteiger partial charge is 0.497 e. The van der Waals surface area contributed by atoms with E-state index in [0.717, 1.165) is 34.4 Å². The third-order valence-corrected chi connectivity index (χ3v) is 5.11. The number of ether oxygens (including phenoxy) is 1. The maximum atomic E-state index is 12.7. The number of fused-ring (bicyclic) bond motifs is 2. The summed E-state index contributed by atoms with van der Waals surface area (Å²) < 4.78 is 6.15. The summed E-state index contributed by atoms with van der Waals surface area (Å²) in [6, 6.07) is 6.72. The van der Waals surface area contributed by atoms with Crippen LogP contribution in [-0.2, 0) is 0 Å². The summed E-state index contributed by atoms with van der Waals surface area (Å²) >= 11 is 2.21. The number of carbonyl (C=O) groups is 1. The van der Waals surface area contributed by atoms with E-state index >= 15 is 0 Å². The number of hydrogen-bond acceptors (Lipinski definition) is 3. The third kappa shape index (κ3) is 3.63. The van der Waals surface area contributed by atoms with Crippen LogP contribution in [0.25, 0.3) is 0 Å². The van der Waals surface area contributed by atoms with Gasteiger partial charge in [0.1, 0.15) is 5.75 Å². The third-order valence-electron chi connectivity index (χ3n) is 4.22. The number of amides is 1. The van der Waals surface area contributed by atoms with Gasteiger partial charge >= 0.3 is 0 Å². The fourth-order valence-electron chi connectivity index (χ4n) is 3.09. The van der Waals surface area contributed by atoms with Crippen LogP contribution in [0.1, 0.15) is 29.6 Å². The van der Waals surface area contributed by atoms with Gasteiger partial charge in [0.15, 0.2) is 0 Å². The van der Waals surface area contributed by atoms with Gasteiger partial charge in [0.2, 0.25) is 0 Å². The number of benzene rings is 1. The lowest BCUT2D eigenvalue weighted by Gasteiger charge is -2.25. The average Bonchev–Trinajstić information content (AvgIpc) is 2.77. The Morgan fingerprint density at radius 3 is 2.81 bits per heavy atom. The van der Waals surface area contributed by atoms with Crippen molar-refractivity contribution >= 4 is 40.9 Å². The summed E-state index contributed by atoms with van der Waals surface area (Å²) in [7, 11) is 1.64. The van der Waals surface area contributed by atoms with E-state index in [0.29, 0.717) is 12.1 Å². The summed E-state index contributed by atoms with van der Waals surface area (Å²) in [5.41, 5.74) is 0.782. The normalized spacial score (nSPS) is 24.2. The molecule has 2 saturated heterocycles. The van der Waals surface area contributed by atoms with Gasteiger partial charge < -0.3 is 15.0 Å². The first kappa shape index (κ1) is 16.8. The van der Waals surface area contributed by atoms with Gasteiger partial charge in [0, 0.05) is 28.7 Å². The highest BCUT2D eigenvalue weighted by atomic mass is 127. The van der Waals surface area contributed by atoms with Gasteiger partial charge in [-0.05, 0) is 60.1 Å². The van der Waals surface area contributed by atoms with Gasteiger partial charge in [-0.2, -0.15) is 0 Å². The summed E-state index contributed by atoms with van der Waals surface area (Å²) in [4.78, 5) is 14.7. The number of rotatable bonds is 2. The molecule has 1 amide bonds. The topological polar surface area (TPSA) is 41.6 Å². The van der Waals surface area contributed by atoms with E-state index in [2.05, 4.69) is 27.9 Å². The first-order valence-electron chi connectivity index (χ1n) is 7.06. The van der Waals surface area contributed by atoms with Gasteiger partial charge in [0.25, 0.3) is 5.91 Å². The predicted octanol–water partition coefficient (Wildman–Crippen LogP) is 2.69. The molecular weight excluding hydrogens is 403 g/mol. The lowest BCUT2D eigenvalue weighted by molar-refractivity contribution is 0.0747. The van der Waals surface area contributed by atoms with Gasteiger partial charge in [0.05, 0.1) is 12.7 Å². The van der Waals surface area contributed by atoms with Crippen molar-refractivity contribution in [3.05, 3.63) is 27.3 Å². The van der Waals surface area contributed by atoms with E-state index in [9.17, 15) is 4.79 Å². The van der Waals surface area contributed by atoms with E-state index in [-0.39, 0.29) is 18.3 Å². The number of halogens is 2. The fourth-order valence-corrected chi connectivity index (χ4v) is 3.81. The van der Waals surface area contributed by atoms with Crippen LogP contribution in [0.4, 0.5) is 0 Å². The molecule has 2 aliphatic rings. The highest BCUT2D eigenvalue weighted by molar-refractivity contribution is 14.1. The summed E-state index contributed by atoms with van der Waals surface area (Å²) in [6.45, 7) is 1.69. The monoisotopic (exact) mass is 422 g/mol. The second kappa shape index (κ2) is 7.15. The molecule has 1 aromatic carbocycles. The molecule has 4 nitrogen and oxygen atoms in total. The smallest absolute Gasteiger partial charge is 0.254 e. The minimum atomic E-state index is 0. The van der Waals surface area contributed by atoms with E-state index in [1.807, 2.05) is 23.1 Å². The zero-order chi connectivity index (χ0) is 14.1. The van der Waals surface area contributed by atoms with Gasteiger partial charge in [-0.15, -0.1) is 12.4 Å². The Balaban J connectivity index is 0.00000161. The SMILES string of the molecule is COc1ccc(C(=O)N2CCC3CCC(C2)N3)c(I)c1.Cl. The molecule has 1 aromatic rings. The highest BCUT2D eigenvalue weighted by Crippen LogP contribution is 2.24. The van der Waals surface area contributed by atoms with Crippen LogP contribution in [0, 0.1) is 3.57 Å². The summed E-state index contributed by atoms with van der Waals surface area (Å²) in [5, 5.41) is 3.61. The van der Waals surface area contributed by atoms with Crippen LogP contribution in [0.15, 0.2) is 18.2 Å². The van der Waals surface area contributed by atoms with Crippen LogP contribution in [0.5, 0.6) is 5.75 Å². The Morgan fingerprint density at radius 2 is 2.10 bits per heavy atom. The second-order valence-corrected chi connectivity index (χ2v) is 6.69. The maximum Gasteiger partial charge on any atom is 0.254 e. The first-order valence-corrected chi connectivity index (χ1v) is 8.14. The van der Waals surface area contributed by atoms with Gasteiger partial charge in [-0.3, -0.25) is 4.79 Å². The molecule has 0 aromatic heterocycles. The lowest BCUT2D eigenvalue weighted by atomic mass is 10.1. The Labute approximate surface area is 145 Å². The molecule has 2 heterocycles. The predicted molar refractivity (Wildman–Crippen MR) is 93.4 cm³/mol. The molecule has 2 unspecified atom stereocenters. The molecule has 2 bridgehead atoms. The van der Waals surface area contributed by atoms with Crippen molar-refractivity contribution in [1.82, 2.24) is 10.2 Å². The standard InChI is InChI=1S/C15H19IN2O2.ClH/c1-20-12-4-5-13(14(16)8-12)15(19)18-7-6-10-2-3-11(9-18)17-10;/h4-5,8,10-11,17H,2-3,6-7,9H2,1H3;1H. The maximum absolute atomic E-state index is 12.7. The molecule has 1 N–H and O–H groups in total. The molecule has 0 aliphatic carbocycles. The number of nitrogens with one attached hydrogen (secondary N) is 1. The number of hydrogen-bond donors (Lipinski definition) is 1. The summed E-state index contributed by atoms with van der Waals surface area (Å²) in [5.74, 6) is 0.939. The zero-order valence-electron chi connectivity index (χ0n) is 12.0. The van der Waals surface area contributed by atoms with Crippen molar-refractivity contribution in [2.45, 2.75) is 31.3 Å². The average molecular weight is 423 g/mol. The minimum absolute atomic E-state index is 0. The molecular formula is C15H20ClIN2O2.